The summed E-state index contributed by atoms with van der Waals surface area (Å²) in [5.74, 6) is 0.912. The summed E-state index contributed by atoms with van der Waals surface area (Å²) in [5.41, 5.74) is 4.56. The minimum atomic E-state index is -0.305. The third kappa shape index (κ3) is 6.87. The van der Waals surface area contributed by atoms with E-state index in [2.05, 4.69) is 51.3 Å². The molecule has 42 heavy (non-hydrogen) atoms. The molecule has 6 rings (SSSR count). The molecule has 0 bridgehead atoms. The maximum Gasteiger partial charge on any atom is 0.252 e. The molecular formula is C30H28BrN7O4. The number of carbonyl (C=O) groups is 2. The number of rotatable bonds is 4. The molecule has 0 radical (unpaired) electrons. The molecule has 2 atom stereocenters. The number of aryl methyl sites for hydroxylation is 2. The fourth-order valence-electron chi connectivity index (χ4n) is 4.27. The van der Waals surface area contributed by atoms with Gasteiger partial charge < -0.3 is 20.1 Å². The Kier molecular flexibility index (Phi) is 9.44. The Balaban J connectivity index is 0.000000189. The van der Waals surface area contributed by atoms with Gasteiger partial charge in [-0.25, -0.2) is 4.85 Å². The van der Waals surface area contributed by atoms with Gasteiger partial charge in [0.2, 0.25) is 5.69 Å². The number of fused-ring (bicyclic) bond motifs is 2. The SMILES string of the molecule is C.Cc1cc(C(=O)NC2COc3cc(Br)cnc32)ccn1.[C-]#[N+]c1cnc2c(c1)OCC2NC(=O)c1ccnc(C)c1. The van der Waals surface area contributed by atoms with Crippen molar-refractivity contribution in [2.75, 3.05) is 13.2 Å². The van der Waals surface area contributed by atoms with Gasteiger partial charge in [-0.15, -0.1) is 0 Å². The van der Waals surface area contributed by atoms with Crippen LogP contribution >= 0.6 is 15.9 Å². The van der Waals surface area contributed by atoms with Gasteiger partial charge in [-0.05, 0) is 66.2 Å². The molecule has 0 spiro atoms. The van der Waals surface area contributed by atoms with Crippen LogP contribution in [0.1, 0.15) is 63.0 Å². The number of carbonyl (C=O) groups excluding carboxylic acids is 2. The lowest BCUT2D eigenvalue weighted by Gasteiger charge is -2.11. The van der Waals surface area contributed by atoms with E-state index >= 15 is 0 Å². The number of hydrogen-bond acceptors (Lipinski definition) is 8. The van der Waals surface area contributed by atoms with Gasteiger partial charge in [0.25, 0.3) is 11.8 Å². The summed E-state index contributed by atoms with van der Waals surface area (Å²) < 4.78 is 11.9. The second-order valence-electron chi connectivity index (χ2n) is 9.27. The maximum atomic E-state index is 12.2. The van der Waals surface area contributed by atoms with Gasteiger partial charge in [-0.1, -0.05) is 7.43 Å². The van der Waals surface area contributed by atoms with E-state index in [4.69, 9.17) is 16.0 Å². The zero-order chi connectivity index (χ0) is 28.9. The molecule has 4 aromatic heterocycles. The van der Waals surface area contributed by atoms with Gasteiger partial charge in [0.1, 0.15) is 48.2 Å². The van der Waals surface area contributed by atoms with Crippen molar-refractivity contribution in [3.63, 3.8) is 0 Å². The lowest BCUT2D eigenvalue weighted by molar-refractivity contribution is 0.0921. The van der Waals surface area contributed by atoms with Crippen molar-refractivity contribution in [3.05, 3.63) is 111 Å². The topological polar surface area (TPSA) is 133 Å². The van der Waals surface area contributed by atoms with Crippen LogP contribution in [0.15, 0.2) is 65.7 Å². The van der Waals surface area contributed by atoms with Crippen LogP contribution in [0.4, 0.5) is 5.69 Å². The summed E-state index contributed by atoms with van der Waals surface area (Å²) in [6.07, 6.45) is 6.40. The van der Waals surface area contributed by atoms with Gasteiger partial charge in [0, 0.05) is 51.8 Å². The third-order valence-corrected chi connectivity index (χ3v) is 6.68. The molecule has 12 heteroatoms. The highest BCUT2D eigenvalue weighted by molar-refractivity contribution is 9.10. The number of halogens is 1. The van der Waals surface area contributed by atoms with Crippen molar-refractivity contribution in [1.29, 1.82) is 0 Å². The number of hydrogen-bond donors (Lipinski definition) is 2. The van der Waals surface area contributed by atoms with E-state index in [0.717, 1.165) is 21.6 Å². The zero-order valence-electron chi connectivity index (χ0n) is 22.1. The monoisotopic (exact) mass is 629 g/mol. The predicted octanol–water partition coefficient (Wildman–Crippen LogP) is 5.25. The first-order valence-corrected chi connectivity index (χ1v) is 13.4. The molecule has 4 aromatic rings. The molecule has 0 aromatic carbocycles. The van der Waals surface area contributed by atoms with E-state index in [9.17, 15) is 9.59 Å². The van der Waals surface area contributed by atoms with E-state index in [1.54, 1.807) is 48.9 Å². The number of nitrogens with one attached hydrogen (secondary N) is 2. The molecule has 0 aliphatic carbocycles. The maximum absolute atomic E-state index is 12.2. The summed E-state index contributed by atoms with van der Waals surface area (Å²) in [6.45, 7) is 11.4. The lowest BCUT2D eigenvalue weighted by Crippen LogP contribution is -2.29. The Morgan fingerprint density at radius 3 is 1.83 bits per heavy atom. The molecule has 2 N–H and O–H groups in total. The normalized spacial score (nSPS) is 15.7. The highest BCUT2D eigenvalue weighted by atomic mass is 79.9. The van der Waals surface area contributed by atoms with Crippen molar-refractivity contribution >= 4 is 33.4 Å². The van der Waals surface area contributed by atoms with E-state index < -0.39 is 0 Å². The number of nitrogens with zero attached hydrogens (tertiary/aromatic N) is 5. The smallest absolute Gasteiger partial charge is 0.252 e. The number of aromatic nitrogens is 4. The number of ether oxygens (including phenoxy) is 2. The fraction of sp³-hybridized carbons (Fsp3) is 0.233. The van der Waals surface area contributed by atoms with Crippen molar-refractivity contribution < 1.29 is 19.1 Å². The Morgan fingerprint density at radius 2 is 1.33 bits per heavy atom. The molecule has 0 saturated heterocycles. The summed E-state index contributed by atoms with van der Waals surface area (Å²) in [4.78, 5) is 44.4. The average molecular weight is 631 g/mol. The van der Waals surface area contributed by atoms with Crippen LogP contribution in [-0.4, -0.2) is 45.0 Å². The molecule has 2 aliphatic rings. The van der Waals surface area contributed by atoms with E-state index in [-0.39, 0.29) is 31.3 Å². The van der Waals surface area contributed by atoms with Crippen LogP contribution in [0.5, 0.6) is 11.5 Å². The summed E-state index contributed by atoms with van der Waals surface area (Å²) in [7, 11) is 0. The molecule has 11 nitrogen and oxygen atoms in total. The van der Waals surface area contributed by atoms with E-state index in [1.165, 1.54) is 6.20 Å². The molecule has 2 aliphatic heterocycles. The second-order valence-corrected chi connectivity index (χ2v) is 10.2. The van der Waals surface area contributed by atoms with Gasteiger partial charge in [0.15, 0.2) is 0 Å². The van der Waals surface area contributed by atoms with Crippen molar-refractivity contribution in [3.8, 4) is 11.5 Å². The molecule has 6 heterocycles. The first-order chi connectivity index (χ1) is 19.8. The molecule has 0 fully saturated rings. The summed E-state index contributed by atoms with van der Waals surface area (Å²) in [5, 5.41) is 5.81. The van der Waals surface area contributed by atoms with Crippen molar-refractivity contribution in [2.24, 2.45) is 0 Å². The summed E-state index contributed by atoms with van der Waals surface area (Å²) >= 11 is 3.34. The van der Waals surface area contributed by atoms with Gasteiger partial charge >= 0.3 is 0 Å². The minimum absolute atomic E-state index is 0. The zero-order valence-corrected chi connectivity index (χ0v) is 23.7. The highest BCUT2D eigenvalue weighted by Gasteiger charge is 2.29. The molecule has 2 amide bonds. The van der Waals surface area contributed by atoms with E-state index in [1.807, 2.05) is 19.9 Å². The largest absolute Gasteiger partial charge is 0.490 e. The van der Waals surface area contributed by atoms with Crippen molar-refractivity contribution in [2.45, 2.75) is 33.4 Å². The van der Waals surface area contributed by atoms with Crippen LogP contribution in [0.25, 0.3) is 4.85 Å². The minimum Gasteiger partial charge on any atom is -0.490 e. The van der Waals surface area contributed by atoms with Crippen LogP contribution in [-0.2, 0) is 0 Å². The Bertz CT molecular complexity index is 1670. The highest BCUT2D eigenvalue weighted by Crippen LogP contribution is 2.34. The second kappa shape index (κ2) is 13.2. The molecule has 0 saturated carbocycles. The van der Waals surface area contributed by atoms with Crippen LogP contribution in [0.2, 0.25) is 0 Å². The molecule has 214 valence electrons. The van der Waals surface area contributed by atoms with Crippen molar-refractivity contribution in [1.82, 2.24) is 30.6 Å². The average Bonchev–Trinajstić information content (AvgIpc) is 3.56. The summed E-state index contributed by atoms with van der Waals surface area (Å²) in [6, 6.07) is 9.79. The standard InChI is InChI=1S/C15H12N4O2.C14H12BrN3O2.CH4/c1-9-5-10(3-4-17-9)15(20)19-12-8-21-13-6-11(16-2)7-18-14(12)13;1-8-4-9(2-3-16-8)14(19)18-11-7-20-12-5-10(15)6-17-13(11)12;/h3-7,12H,8H2,1H3,(H,19,20);2-6,11H,7H2,1H3,(H,18,19);1H4. The van der Waals surface area contributed by atoms with Gasteiger partial charge in [-0.2, -0.15) is 0 Å². The number of amides is 2. The van der Waals surface area contributed by atoms with Crippen LogP contribution in [0.3, 0.4) is 0 Å². The van der Waals surface area contributed by atoms with Crippen LogP contribution in [0, 0.1) is 20.4 Å². The Morgan fingerprint density at radius 1 is 0.833 bits per heavy atom. The predicted molar refractivity (Wildman–Crippen MR) is 159 cm³/mol. The van der Waals surface area contributed by atoms with Gasteiger partial charge in [-0.3, -0.25) is 29.5 Å². The molecule has 2 unspecified atom stereocenters. The lowest BCUT2D eigenvalue weighted by atomic mass is 10.1. The van der Waals surface area contributed by atoms with Crippen LogP contribution < -0.4 is 20.1 Å². The first-order valence-electron chi connectivity index (χ1n) is 12.6. The Hall–Kier alpha value is -4.89. The molecular weight excluding hydrogens is 602 g/mol. The number of pyridine rings is 4. The first kappa shape index (κ1) is 30.1. The van der Waals surface area contributed by atoms with Gasteiger partial charge in [0.05, 0.1) is 6.57 Å². The third-order valence-electron chi connectivity index (χ3n) is 6.24. The Labute approximate surface area is 251 Å². The van der Waals surface area contributed by atoms with E-state index in [0.29, 0.717) is 47.2 Å². The quantitative estimate of drug-likeness (QED) is 0.293. The fourth-order valence-corrected chi connectivity index (χ4v) is 4.58.